The SMILES string of the molecule is COc1cc2nn(C3CCN(C)CC3(F)F)cc2cc1Br. The van der Waals surface area contributed by atoms with Gasteiger partial charge in [0.1, 0.15) is 11.8 Å². The summed E-state index contributed by atoms with van der Waals surface area (Å²) in [4.78, 5) is 1.65. The monoisotopic (exact) mass is 359 g/mol. The first kappa shape index (κ1) is 14.7. The zero-order valence-electron chi connectivity index (χ0n) is 11.8. The Balaban J connectivity index is 2.01. The number of fused-ring (bicyclic) bond motifs is 1. The highest BCUT2D eigenvalue weighted by atomic mass is 79.9. The van der Waals surface area contributed by atoms with Crippen LogP contribution >= 0.6 is 15.9 Å². The summed E-state index contributed by atoms with van der Waals surface area (Å²) in [6.07, 6.45) is 2.07. The molecular formula is C14H16BrF2N3O. The normalized spacial score (nSPS) is 22.6. The van der Waals surface area contributed by atoms with Gasteiger partial charge in [0.25, 0.3) is 5.92 Å². The van der Waals surface area contributed by atoms with Crippen LogP contribution in [0.3, 0.4) is 0 Å². The van der Waals surface area contributed by atoms with E-state index in [0.717, 1.165) is 9.86 Å². The van der Waals surface area contributed by atoms with E-state index < -0.39 is 12.0 Å². The minimum Gasteiger partial charge on any atom is -0.495 e. The summed E-state index contributed by atoms with van der Waals surface area (Å²) < 4.78 is 35.8. The topological polar surface area (TPSA) is 30.3 Å². The first-order chi connectivity index (χ1) is 9.90. The van der Waals surface area contributed by atoms with E-state index >= 15 is 0 Å². The molecule has 21 heavy (non-hydrogen) atoms. The Kier molecular flexibility index (Phi) is 3.65. The first-order valence-corrected chi connectivity index (χ1v) is 7.49. The van der Waals surface area contributed by atoms with Gasteiger partial charge in [-0.05, 0) is 35.5 Å². The van der Waals surface area contributed by atoms with Crippen LogP contribution in [0.15, 0.2) is 22.8 Å². The third-order valence-electron chi connectivity index (χ3n) is 3.87. The van der Waals surface area contributed by atoms with Gasteiger partial charge in [-0.2, -0.15) is 5.10 Å². The number of halogens is 3. The molecule has 114 valence electrons. The van der Waals surface area contributed by atoms with E-state index in [0.29, 0.717) is 24.2 Å². The number of hydrogen-bond acceptors (Lipinski definition) is 3. The van der Waals surface area contributed by atoms with Crippen molar-refractivity contribution < 1.29 is 13.5 Å². The molecule has 1 aromatic carbocycles. The molecule has 1 atom stereocenters. The summed E-state index contributed by atoms with van der Waals surface area (Å²) in [5.41, 5.74) is 0.657. The van der Waals surface area contributed by atoms with Crippen molar-refractivity contribution in [3.63, 3.8) is 0 Å². The van der Waals surface area contributed by atoms with E-state index in [1.54, 1.807) is 31.3 Å². The fourth-order valence-corrected chi connectivity index (χ4v) is 3.31. The van der Waals surface area contributed by atoms with Crippen molar-refractivity contribution in [1.29, 1.82) is 0 Å². The summed E-state index contributed by atoms with van der Waals surface area (Å²) in [6.45, 7) is 0.407. The molecule has 0 aliphatic carbocycles. The van der Waals surface area contributed by atoms with Gasteiger partial charge in [-0.3, -0.25) is 4.68 Å². The van der Waals surface area contributed by atoms with Crippen LogP contribution in [0.4, 0.5) is 8.78 Å². The van der Waals surface area contributed by atoms with Gasteiger partial charge in [0.05, 0.1) is 23.6 Å². The molecular weight excluding hydrogens is 344 g/mol. The Morgan fingerprint density at radius 3 is 2.86 bits per heavy atom. The number of benzene rings is 1. The molecule has 2 aromatic rings. The molecule has 7 heteroatoms. The Labute approximate surface area is 129 Å². The minimum absolute atomic E-state index is 0.235. The van der Waals surface area contributed by atoms with E-state index in [9.17, 15) is 8.78 Å². The zero-order chi connectivity index (χ0) is 15.2. The van der Waals surface area contributed by atoms with Crippen molar-refractivity contribution in [2.75, 3.05) is 27.2 Å². The number of rotatable bonds is 2. The number of nitrogens with zero attached hydrogens (tertiary/aromatic N) is 3. The molecule has 0 amide bonds. The Hall–Kier alpha value is -1.21. The smallest absolute Gasteiger partial charge is 0.282 e. The van der Waals surface area contributed by atoms with Gasteiger partial charge in [0.2, 0.25) is 0 Å². The number of piperidine rings is 1. The molecule has 1 aromatic heterocycles. The van der Waals surface area contributed by atoms with Crippen LogP contribution in [0.25, 0.3) is 10.9 Å². The van der Waals surface area contributed by atoms with Gasteiger partial charge in [0, 0.05) is 24.2 Å². The molecule has 0 bridgehead atoms. The second-order valence-corrected chi connectivity index (χ2v) is 6.31. The van der Waals surface area contributed by atoms with Gasteiger partial charge in [-0.15, -0.1) is 0 Å². The number of methoxy groups -OCH3 is 1. The van der Waals surface area contributed by atoms with Crippen LogP contribution in [-0.2, 0) is 0 Å². The lowest BCUT2D eigenvalue weighted by Gasteiger charge is -2.36. The molecule has 1 saturated heterocycles. The molecule has 1 unspecified atom stereocenters. The first-order valence-electron chi connectivity index (χ1n) is 6.69. The predicted molar refractivity (Wildman–Crippen MR) is 80.1 cm³/mol. The molecule has 2 heterocycles. The molecule has 3 rings (SSSR count). The van der Waals surface area contributed by atoms with E-state index in [4.69, 9.17) is 4.74 Å². The lowest BCUT2D eigenvalue weighted by molar-refractivity contribution is -0.101. The Morgan fingerprint density at radius 1 is 1.43 bits per heavy atom. The molecule has 1 aliphatic heterocycles. The fourth-order valence-electron chi connectivity index (χ4n) is 2.78. The molecule has 1 fully saturated rings. The zero-order valence-corrected chi connectivity index (χ0v) is 13.4. The summed E-state index contributed by atoms with van der Waals surface area (Å²) >= 11 is 3.40. The van der Waals surface area contributed by atoms with Crippen LogP contribution in [0, 0.1) is 0 Å². The highest BCUT2D eigenvalue weighted by Crippen LogP contribution is 2.37. The Morgan fingerprint density at radius 2 is 2.19 bits per heavy atom. The lowest BCUT2D eigenvalue weighted by atomic mass is 10.0. The maximum absolute atomic E-state index is 14.2. The van der Waals surface area contributed by atoms with Gasteiger partial charge >= 0.3 is 0 Å². The maximum atomic E-state index is 14.2. The number of aromatic nitrogens is 2. The third-order valence-corrected chi connectivity index (χ3v) is 4.49. The maximum Gasteiger partial charge on any atom is 0.282 e. The summed E-state index contributed by atoms with van der Waals surface area (Å²) in [5, 5.41) is 5.14. The van der Waals surface area contributed by atoms with Crippen molar-refractivity contribution >= 4 is 26.8 Å². The van der Waals surface area contributed by atoms with E-state index in [1.807, 2.05) is 6.07 Å². The van der Waals surface area contributed by atoms with E-state index in [1.165, 1.54) is 4.68 Å². The van der Waals surface area contributed by atoms with Crippen LogP contribution in [0.1, 0.15) is 12.5 Å². The van der Waals surface area contributed by atoms with Gasteiger partial charge in [-0.25, -0.2) is 8.78 Å². The average molecular weight is 360 g/mol. The summed E-state index contributed by atoms with van der Waals surface area (Å²) in [7, 11) is 3.28. The lowest BCUT2D eigenvalue weighted by Crippen LogP contribution is -2.47. The predicted octanol–water partition coefficient (Wildman–Crippen LogP) is 3.32. The van der Waals surface area contributed by atoms with Crippen molar-refractivity contribution in [2.45, 2.75) is 18.4 Å². The van der Waals surface area contributed by atoms with E-state index in [2.05, 4.69) is 21.0 Å². The highest BCUT2D eigenvalue weighted by molar-refractivity contribution is 9.10. The molecule has 0 saturated carbocycles. The van der Waals surface area contributed by atoms with Crippen molar-refractivity contribution in [1.82, 2.24) is 14.7 Å². The van der Waals surface area contributed by atoms with Crippen LogP contribution in [0.5, 0.6) is 5.75 Å². The van der Waals surface area contributed by atoms with Crippen LogP contribution in [-0.4, -0.2) is 47.8 Å². The highest BCUT2D eigenvalue weighted by Gasteiger charge is 2.45. The number of ether oxygens (including phenoxy) is 1. The summed E-state index contributed by atoms with van der Waals surface area (Å²) in [5.74, 6) is -2.14. The van der Waals surface area contributed by atoms with Crippen LogP contribution < -0.4 is 4.74 Å². The van der Waals surface area contributed by atoms with Crippen molar-refractivity contribution in [3.8, 4) is 5.75 Å². The minimum atomic E-state index is -2.78. The third kappa shape index (κ3) is 2.64. The van der Waals surface area contributed by atoms with Gasteiger partial charge in [0.15, 0.2) is 0 Å². The van der Waals surface area contributed by atoms with Crippen molar-refractivity contribution in [3.05, 3.63) is 22.8 Å². The second kappa shape index (κ2) is 5.21. The molecule has 0 radical (unpaired) electrons. The number of hydrogen-bond donors (Lipinski definition) is 0. The molecule has 0 spiro atoms. The van der Waals surface area contributed by atoms with Crippen LogP contribution in [0.2, 0.25) is 0 Å². The molecule has 1 aliphatic rings. The molecule has 4 nitrogen and oxygen atoms in total. The number of alkyl halides is 2. The fraction of sp³-hybridized carbons (Fsp3) is 0.500. The summed E-state index contributed by atoms with van der Waals surface area (Å²) in [6, 6.07) is 2.69. The average Bonchev–Trinajstić information content (AvgIpc) is 2.78. The van der Waals surface area contributed by atoms with Gasteiger partial charge < -0.3 is 9.64 Å². The van der Waals surface area contributed by atoms with E-state index in [-0.39, 0.29) is 6.54 Å². The Bertz CT molecular complexity index is 674. The second-order valence-electron chi connectivity index (χ2n) is 5.46. The molecule has 0 N–H and O–H groups in total. The van der Waals surface area contributed by atoms with Crippen molar-refractivity contribution in [2.24, 2.45) is 0 Å². The number of likely N-dealkylation sites (tertiary alicyclic amines) is 1. The quantitative estimate of drug-likeness (QED) is 0.823. The largest absolute Gasteiger partial charge is 0.495 e. The standard InChI is InChI=1S/C14H16BrF2N3O/c1-19-4-3-13(14(16,17)8-19)20-7-9-5-10(15)12(21-2)6-11(9)18-20/h5-7,13H,3-4,8H2,1-2H3. The van der Waals surface area contributed by atoms with Gasteiger partial charge in [-0.1, -0.05) is 0 Å².